The molecule has 0 saturated carbocycles. The highest BCUT2D eigenvalue weighted by Gasteiger charge is 2.25. The zero-order valence-electron chi connectivity index (χ0n) is 10.1. The Bertz CT molecular complexity index is 465. The number of benzene rings is 1. The van der Waals surface area contributed by atoms with Gasteiger partial charge in [0, 0.05) is 26.2 Å². The number of halogens is 1. The third kappa shape index (κ3) is 3.18. The summed E-state index contributed by atoms with van der Waals surface area (Å²) >= 11 is 5.88. The number of nitrogens with zero attached hydrogens (tertiary/aromatic N) is 2. The summed E-state index contributed by atoms with van der Waals surface area (Å²) in [5, 5.41) is 13.9. The lowest BCUT2D eigenvalue weighted by atomic mass is 10.1. The van der Waals surface area contributed by atoms with Crippen LogP contribution in [0.2, 0.25) is 5.02 Å². The Morgan fingerprint density at radius 1 is 1.56 bits per heavy atom. The van der Waals surface area contributed by atoms with Crippen molar-refractivity contribution in [3.05, 3.63) is 38.9 Å². The van der Waals surface area contributed by atoms with E-state index in [2.05, 4.69) is 5.32 Å². The van der Waals surface area contributed by atoms with Gasteiger partial charge in [-0.1, -0.05) is 17.7 Å². The van der Waals surface area contributed by atoms with Crippen molar-refractivity contribution >= 4 is 23.2 Å². The average Bonchev–Trinajstić information content (AvgIpc) is 2.34. The molecule has 0 aromatic heterocycles. The standard InChI is InChI=1S/C11H14ClN3O3/c1-13-6-7-14(2)11(16)10-8(12)4-3-5-9(10)15(17)18/h3-5,13H,6-7H2,1-2H3. The van der Waals surface area contributed by atoms with Crippen molar-refractivity contribution in [3.8, 4) is 0 Å². The summed E-state index contributed by atoms with van der Waals surface area (Å²) in [4.78, 5) is 23.8. The van der Waals surface area contributed by atoms with Gasteiger partial charge in [0.1, 0.15) is 5.56 Å². The Hall–Kier alpha value is -1.66. The third-order valence-corrected chi connectivity index (χ3v) is 2.76. The molecule has 1 aromatic rings. The largest absolute Gasteiger partial charge is 0.340 e. The predicted octanol–water partition coefficient (Wildman–Crippen LogP) is 1.54. The van der Waals surface area contributed by atoms with Gasteiger partial charge in [0.15, 0.2) is 0 Å². The summed E-state index contributed by atoms with van der Waals surface area (Å²) in [6, 6.07) is 4.18. The van der Waals surface area contributed by atoms with Crippen molar-refractivity contribution in [1.29, 1.82) is 0 Å². The van der Waals surface area contributed by atoms with Crippen molar-refractivity contribution in [2.24, 2.45) is 0 Å². The maximum absolute atomic E-state index is 12.1. The molecule has 0 atom stereocenters. The fourth-order valence-corrected chi connectivity index (χ4v) is 1.70. The molecule has 0 spiro atoms. The third-order valence-electron chi connectivity index (χ3n) is 2.45. The normalized spacial score (nSPS) is 10.2. The van der Waals surface area contributed by atoms with Gasteiger partial charge < -0.3 is 10.2 Å². The number of amides is 1. The molecule has 0 saturated heterocycles. The van der Waals surface area contributed by atoms with Crippen LogP contribution >= 0.6 is 11.6 Å². The monoisotopic (exact) mass is 271 g/mol. The second-order valence-corrected chi connectivity index (χ2v) is 4.13. The van der Waals surface area contributed by atoms with E-state index in [1.807, 2.05) is 0 Å². The smallest absolute Gasteiger partial charge is 0.283 e. The molecule has 1 N–H and O–H groups in total. The molecule has 1 amide bonds. The van der Waals surface area contributed by atoms with Crippen LogP contribution in [-0.2, 0) is 0 Å². The summed E-state index contributed by atoms with van der Waals surface area (Å²) in [6.45, 7) is 1.04. The Morgan fingerprint density at radius 2 is 2.22 bits per heavy atom. The van der Waals surface area contributed by atoms with Crippen molar-refractivity contribution in [3.63, 3.8) is 0 Å². The molecular formula is C11H14ClN3O3. The molecule has 1 aromatic carbocycles. The van der Waals surface area contributed by atoms with Crippen LogP contribution in [0.15, 0.2) is 18.2 Å². The number of rotatable bonds is 5. The topological polar surface area (TPSA) is 75.5 Å². The molecule has 0 unspecified atom stereocenters. The highest BCUT2D eigenvalue weighted by atomic mass is 35.5. The van der Waals surface area contributed by atoms with Crippen LogP contribution in [0, 0.1) is 10.1 Å². The lowest BCUT2D eigenvalue weighted by molar-refractivity contribution is -0.385. The minimum absolute atomic E-state index is 0.0669. The fourth-order valence-electron chi connectivity index (χ4n) is 1.45. The zero-order valence-corrected chi connectivity index (χ0v) is 10.9. The second kappa shape index (κ2) is 6.32. The van der Waals surface area contributed by atoms with Gasteiger partial charge in [-0.3, -0.25) is 14.9 Å². The Balaban J connectivity index is 3.08. The number of carbonyl (C=O) groups is 1. The molecule has 0 aliphatic carbocycles. The highest BCUT2D eigenvalue weighted by molar-refractivity contribution is 6.34. The number of hydrogen-bond acceptors (Lipinski definition) is 4. The summed E-state index contributed by atoms with van der Waals surface area (Å²) in [5.41, 5.74) is -0.341. The van der Waals surface area contributed by atoms with Gasteiger partial charge in [-0.2, -0.15) is 0 Å². The van der Waals surface area contributed by atoms with Crippen LogP contribution in [0.4, 0.5) is 5.69 Å². The number of nitrogens with one attached hydrogen (secondary N) is 1. The Kier molecular flexibility index (Phi) is 5.06. The number of carbonyl (C=O) groups excluding carboxylic acids is 1. The van der Waals surface area contributed by atoms with Crippen LogP contribution in [0.25, 0.3) is 0 Å². The quantitative estimate of drug-likeness (QED) is 0.651. The first kappa shape index (κ1) is 14.4. The van der Waals surface area contributed by atoms with Crippen LogP contribution in [0.5, 0.6) is 0 Å². The molecule has 0 fully saturated rings. The van der Waals surface area contributed by atoms with E-state index < -0.39 is 10.8 Å². The van der Waals surface area contributed by atoms with E-state index in [1.54, 1.807) is 14.1 Å². The highest BCUT2D eigenvalue weighted by Crippen LogP contribution is 2.27. The lowest BCUT2D eigenvalue weighted by Gasteiger charge is -2.17. The van der Waals surface area contributed by atoms with Gasteiger partial charge in [0.2, 0.25) is 0 Å². The van der Waals surface area contributed by atoms with E-state index in [0.717, 1.165) is 0 Å². The molecule has 0 heterocycles. The average molecular weight is 272 g/mol. The lowest BCUT2D eigenvalue weighted by Crippen LogP contribution is -2.33. The van der Waals surface area contributed by atoms with Gasteiger partial charge in [0.25, 0.3) is 11.6 Å². The first-order valence-electron chi connectivity index (χ1n) is 5.32. The number of nitro benzene ring substituents is 1. The van der Waals surface area contributed by atoms with Crippen LogP contribution in [0.3, 0.4) is 0 Å². The summed E-state index contributed by atoms with van der Waals surface area (Å²) in [5.74, 6) is -0.456. The van der Waals surface area contributed by atoms with Gasteiger partial charge >= 0.3 is 0 Å². The summed E-state index contributed by atoms with van der Waals surface area (Å²) in [7, 11) is 3.34. The molecule has 7 heteroatoms. The van der Waals surface area contributed by atoms with E-state index >= 15 is 0 Å². The molecular weight excluding hydrogens is 258 g/mol. The first-order chi connectivity index (χ1) is 8.49. The molecule has 0 aliphatic heterocycles. The zero-order chi connectivity index (χ0) is 13.7. The van der Waals surface area contributed by atoms with Crippen molar-refractivity contribution in [2.75, 3.05) is 27.2 Å². The molecule has 0 bridgehead atoms. The van der Waals surface area contributed by atoms with Crippen molar-refractivity contribution in [1.82, 2.24) is 10.2 Å². The van der Waals surface area contributed by atoms with E-state index in [4.69, 9.17) is 11.6 Å². The second-order valence-electron chi connectivity index (χ2n) is 3.72. The predicted molar refractivity (Wildman–Crippen MR) is 69.0 cm³/mol. The molecule has 1 rings (SSSR count). The van der Waals surface area contributed by atoms with Gasteiger partial charge in [-0.25, -0.2) is 0 Å². The van der Waals surface area contributed by atoms with Crippen LogP contribution < -0.4 is 5.32 Å². The van der Waals surface area contributed by atoms with Crippen molar-refractivity contribution in [2.45, 2.75) is 0 Å². The number of nitro groups is 1. The number of likely N-dealkylation sites (N-methyl/N-ethyl adjacent to an activating group) is 2. The van der Waals surface area contributed by atoms with E-state index in [9.17, 15) is 14.9 Å². The minimum Gasteiger partial charge on any atom is -0.340 e. The van der Waals surface area contributed by atoms with Crippen molar-refractivity contribution < 1.29 is 9.72 Å². The SMILES string of the molecule is CNCCN(C)C(=O)c1c(Cl)cccc1[N+](=O)[O-]. The fraction of sp³-hybridized carbons (Fsp3) is 0.364. The summed E-state index contributed by atoms with van der Waals surface area (Å²) < 4.78 is 0. The molecule has 98 valence electrons. The minimum atomic E-state index is -0.606. The van der Waals surface area contributed by atoms with E-state index in [-0.39, 0.29) is 16.3 Å². The molecule has 18 heavy (non-hydrogen) atoms. The maximum atomic E-state index is 12.1. The van der Waals surface area contributed by atoms with Gasteiger partial charge in [-0.05, 0) is 13.1 Å². The first-order valence-corrected chi connectivity index (χ1v) is 5.69. The van der Waals surface area contributed by atoms with Crippen LogP contribution in [0.1, 0.15) is 10.4 Å². The molecule has 0 radical (unpaired) electrons. The van der Waals surface area contributed by atoms with Gasteiger partial charge in [0.05, 0.1) is 9.95 Å². The van der Waals surface area contributed by atoms with Crippen LogP contribution in [-0.4, -0.2) is 42.9 Å². The maximum Gasteiger partial charge on any atom is 0.283 e. The van der Waals surface area contributed by atoms with E-state index in [0.29, 0.717) is 13.1 Å². The Labute approximate surface area is 110 Å². The molecule has 0 aliphatic rings. The Morgan fingerprint density at radius 3 is 2.78 bits per heavy atom. The molecule has 6 nitrogen and oxygen atoms in total. The summed E-state index contributed by atoms with van der Waals surface area (Å²) in [6.07, 6.45) is 0. The van der Waals surface area contributed by atoms with Gasteiger partial charge in [-0.15, -0.1) is 0 Å². The van der Waals surface area contributed by atoms with E-state index in [1.165, 1.54) is 23.1 Å². The number of hydrogen-bond donors (Lipinski definition) is 1.